The molecule has 0 aromatic carbocycles. The minimum absolute atomic E-state index is 0.0677. The molecule has 122 valence electrons. The number of carbonyl (C=O) groups excluding carboxylic acids is 1. The maximum Gasteiger partial charge on any atom is 0.159 e. The molecule has 22 heavy (non-hydrogen) atoms. The number of aliphatic hydroxyl groups is 1. The Labute approximate surface area is 134 Å². The first-order valence-electron chi connectivity index (χ1n) is 8.72. The van der Waals surface area contributed by atoms with Gasteiger partial charge < -0.3 is 5.11 Å². The van der Waals surface area contributed by atoms with E-state index in [1.807, 2.05) is 12.2 Å². The van der Waals surface area contributed by atoms with Crippen LogP contribution >= 0.6 is 0 Å². The molecule has 0 heterocycles. The van der Waals surface area contributed by atoms with Gasteiger partial charge in [-0.3, -0.25) is 4.79 Å². The van der Waals surface area contributed by atoms with E-state index in [2.05, 4.69) is 34.3 Å². The van der Waals surface area contributed by atoms with Gasteiger partial charge in [-0.05, 0) is 48.5 Å². The number of rotatable bonds is 1. The van der Waals surface area contributed by atoms with E-state index >= 15 is 0 Å². The number of carbonyl (C=O) groups is 1. The Bertz CT molecular complexity index is 544. The molecule has 3 rings (SSSR count). The number of fused-ring (bicyclic) bond motifs is 3. The molecule has 3 aliphatic rings. The van der Waals surface area contributed by atoms with E-state index in [9.17, 15) is 9.90 Å². The van der Waals surface area contributed by atoms with Crippen LogP contribution in [0.3, 0.4) is 0 Å². The van der Waals surface area contributed by atoms with E-state index < -0.39 is 6.10 Å². The summed E-state index contributed by atoms with van der Waals surface area (Å²) in [6.07, 6.45) is 8.44. The summed E-state index contributed by atoms with van der Waals surface area (Å²) in [6, 6.07) is 0. The predicted molar refractivity (Wildman–Crippen MR) is 89.4 cm³/mol. The second kappa shape index (κ2) is 4.80. The highest BCUT2D eigenvalue weighted by atomic mass is 16.3. The van der Waals surface area contributed by atoms with E-state index in [0.29, 0.717) is 5.92 Å². The fraction of sp³-hybridized carbons (Fsp3) is 0.750. The standard InChI is InChI=1S/C20H30O2/c1-6-19(4)11-15-16(21)10-14-13(8-7-9-18(14,2)3)20(15,5)17(22)12-19/h6,10,13,15,17,22H,1,7-9,11-12H2,2-5H3. The highest BCUT2D eigenvalue weighted by molar-refractivity contribution is 5.94. The minimum Gasteiger partial charge on any atom is -0.392 e. The third-order valence-electron chi connectivity index (χ3n) is 7.14. The first-order chi connectivity index (χ1) is 10.1. The van der Waals surface area contributed by atoms with Crippen LogP contribution in [0.5, 0.6) is 0 Å². The lowest BCUT2D eigenvalue weighted by Crippen LogP contribution is -2.58. The van der Waals surface area contributed by atoms with Crippen molar-refractivity contribution < 1.29 is 9.90 Å². The lowest BCUT2D eigenvalue weighted by Gasteiger charge is -2.59. The molecule has 3 aliphatic carbocycles. The van der Waals surface area contributed by atoms with Crippen LogP contribution in [-0.2, 0) is 4.79 Å². The van der Waals surface area contributed by atoms with Crippen molar-refractivity contribution in [3.8, 4) is 0 Å². The van der Waals surface area contributed by atoms with Crippen LogP contribution in [0.4, 0.5) is 0 Å². The van der Waals surface area contributed by atoms with Crippen LogP contribution in [-0.4, -0.2) is 17.0 Å². The van der Waals surface area contributed by atoms with Crippen LogP contribution in [0.15, 0.2) is 24.3 Å². The van der Waals surface area contributed by atoms with Crippen molar-refractivity contribution >= 4 is 5.78 Å². The molecule has 2 heteroatoms. The van der Waals surface area contributed by atoms with Gasteiger partial charge in [0.2, 0.25) is 0 Å². The average Bonchev–Trinajstić information content (AvgIpc) is 2.43. The topological polar surface area (TPSA) is 37.3 Å². The van der Waals surface area contributed by atoms with Gasteiger partial charge in [0.05, 0.1) is 6.10 Å². The van der Waals surface area contributed by atoms with E-state index in [4.69, 9.17) is 0 Å². The first-order valence-corrected chi connectivity index (χ1v) is 8.72. The average molecular weight is 302 g/mol. The SMILES string of the molecule is C=CC1(C)CC(O)C2(C)C(C1)C(=O)C=C1C2CCCC1(C)C. The van der Waals surface area contributed by atoms with Crippen LogP contribution in [0, 0.1) is 28.1 Å². The van der Waals surface area contributed by atoms with E-state index in [1.165, 1.54) is 12.0 Å². The van der Waals surface area contributed by atoms with Crippen molar-refractivity contribution in [1.29, 1.82) is 0 Å². The second-order valence-corrected chi connectivity index (χ2v) is 9.03. The molecule has 5 unspecified atom stereocenters. The summed E-state index contributed by atoms with van der Waals surface area (Å²) in [4.78, 5) is 12.9. The largest absolute Gasteiger partial charge is 0.392 e. The fourth-order valence-electron chi connectivity index (χ4n) is 5.43. The summed E-state index contributed by atoms with van der Waals surface area (Å²) in [6.45, 7) is 12.7. The Morgan fingerprint density at radius 2 is 1.91 bits per heavy atom. The molecule has 5 atom stereocenters. The van der Waals surface area contributed by atoms with Crippen molar-refractivity contribution in [2.45, 2.75) is 65.9 Å². The van der Waals surface area contributed by atoms with E-state index in [1.54, 1.807) is 0 Å². The second-order valence-electron chi connectivity index (χ2n) is 9.03. The van der Waals surface area contributed by atoms with Crippen LogP contribution < -0.4 is 0 Å². The van der Waals surface area contributed by atoms with Crippen molar-refractivity contribution in [3.05, 3.63) is 24.3 Å². The zero-order valence-electron chi connectivity index (χ0n) is 14.5. The Kier molecular flexibility index (Phi) is 3.49. The van der Waals surface area contributed by atoms with Gasteiger partial charge in [-0.15, -0.1) is 6.58 Å². The quantitative estimate of drug-likeness (QED) is 0.734. The monoisotopic (exact) mass is 302 g/mol. The molecule has 2 saturated carbocycles. The van der Waals surface area contributed by atoms with Crippen LogP contribution in [0.25, 0.3) is 0 Å². The molecule has 0 aromatic heterocycles. The zero-order chi connectivity index (χ0) is 16.3. The van der Waals surface area contributed by atoms with Crippen LogP contribution in [0.2, 0.25) is 0 Å². The van der Waals surface area contributed by atoms with Gasteiger partial charge in [0.1, 0.15) is 0 Å². The van der Waals surface area contributed by atoms with Crippen molar-refractivity contribution in [2.75, 3.05) is 0 Å². The van der Waals surface area contributed by atoms with Gasteiger partial charge >= 0.3 is 0 Å². The molecular formula is C20H30O2. The number of aliphatic hydroxyl groups excluding tert-OH is 1. The minimum atomic E-state index is -0.430. The summed E-state index contributed by atoms with van der Waals surface area (Å²) < 4.78 is 0. The highest BCUT2D eigenvalue weighted by Crippen LogP contribution is 2.62. The van der Waals surface area contributed by atoms with Crippen LogP contribution in [0.1, 0.15) is 59.8 Å². The van der Waals surface area contributed by atoms with Gasteiger partial charge in [-0.2, -0.15) is 0 Å². The third kappa shape index (κ3) is 2.06. The molecule has 2 nitrogen and oxygen atoms in total. The molecular weight excluding hydrogens is 272 g/mol. The molecule has 1 N–H and O–H groups in total. The van der Waals surface area contributed by atoms with Gasteiger partial charge in [-0.1, -0.05) is 45.8 Å². The maximum absolute atomic E-state index is 12.9. The van der Waals surface area contributed by atoms with Gasteiger partial charge in [0, 0.05) is 11.3 Å². The normalized spacial score (nSPS) is 47.2. The van der Waals surface area contributed by atoms with Gasteiger partial charge in [-0.25, -0.2) is 0 Å². The number of ketones is 1. The molecule has 2 fully saturated rings. The number of hydrogen-bond acceptors (Lipinski definition) is 2. The van der Waals surface area contributed by atoms with Gasteiger partial charge in [0.15, 0.2) is 5.78 Å². The van der Waals surface area contributed by atoms with Gasteiger partial charge in [0.25, 0.3) is 0 Å². The van der Waals surface area contributed by atoms with Crippen molar-refractivity contribution in [2.24, 2.45) is 28.1 Å². The molecule has 0 radical (unpaired) electrons. The fourth-order valence-corrected chi connectivity index (χ4v) is 5.43. The van der Waals surface area contributed by atoms with E-state index in [-0.39, 0.29) is 27.9 Å². The highest BCUT2D eigenvalue weighted by Gasteiger charge is 2.59. The molecule has 0 aromatic rings. The Hall–Kier alpha value is -0.890. The third-order valence-corrected chi connectivity index (χ3v) is 7.14. The lowest BCUT2D eigenvalue weighted by molar-refractivity contribution is -0.148. The smallest absolute Gasteiger partial charge is 0.159 e. The predicted octanol–water partition coefficient (Wildman–Crippen LogP) is 4.29. The Morgan fingerprint density at radius 3 is 2.55 bits per heavy atom. The summed E-state index contributed by atoms with van der Waals surface area (Å²) in [5, 5.41) is 11.0. The van der Waals surface area contributed by atoms with E-state index in [0.717, 1.165) is 25.7 Å². The zero-order valence-corrected chi connectivity index (χ0v) is 14.5. The number of hydrogen-bond donors (Lipinski definition) is 1. The number of allylic oxidation sites excluding steroid dienone is 3. The van der Waals surface area contributed by atoms with Crippen molar-refractivity contribution in [3.63, 3.8) is 0 Å². The molecule has 0 aliphatic heterocycles. The molecule has 0 saturated heterocycles. The molecule has 0 spiro atoms. The lowest BCUT2D eigenvalue weighted by atomic mass is 9.45. The molecule has 0 amide bonds. The van der Waals surface area contributed by atoms with Crippen molar-refractivity contribution in [1.82, 2.24) is 0 Å². The summed E-state index contributed by atoms with van der Waals surface area (Å²) in [7, 11) is 0. The molecule has 0 bridgehead atoms. The Balaban J connectivity index is 2.09. The maximum atomic E-state index is 12.9. The summed E-state index contributed by atoms with van der Waals surface area (Å²) in [5.41, 5.74) is 0.950. The summed E-state index contributed by atoms with van der Waals surface area (Å²) >= 11 is 0. The summed E-state index contributed by atoms with van der Waals surface area (Å²) in [5.74, 6) is 0.515. The Morgan fingerprint density at radius 1 is 1.23 bits per heavy atom. The first kappa shape index (κ1) is 16.0.